The third kappa shape index (κ3) is 1.81. The smallest absolute Gasteiger partial charge is 0.133 e. The summed E-state index contributed by atoms with van der Waals surface area (Å²) in [6.45, 7) is 2.18. The van der Waals surface area contributed by atoms with E-state index in [1.807, 2.05) is 0 Å². The minimum atomic E-state index is 0.480. The lowest BCUT2D eigenvalue weighted by Crippen LogP contribution is -1.93. The van der Waals surface area contributed by atoms with Crippen molar-refractivity contribution in [2.75, 3.05) is 0 Å². The fourth-order valence-corrected chi connectivity index (χ4v) is 1.55. The van der Waals surface area contributed by atoms with Crippen molar-refractivity contribution in [2.45, 2.75) is 39.0 Å². The number of carbonyl (C=O) groups excluding carboxylic acids is 1. The molecule has 1 heteroatoms. The number of carbonyl (C=O) groups is 1. The second kappa shape index (κ2) is 3.00. The number of hydrogen-bond donors (Lipinski definition) is 0. The van der Waals surface area contributed by atoms with Gasteiger partial charge in [-0.3, -0.25) is 4.79 Å². The summed E-state index contributed by atoms with van der Waals surface area (Å²) in [5.74, 6) is 1.22. The zero-order chi connectivity index (χ0) is 6.69. The highest BCUT2D eigenvalue weighted by Crippen LogP contribution is 2.25. The van der Waals surface area contributed by atoms with Crippen molar-refractivity contribution in [1.29, 1.82) is 0 Å². The molecule has 0 heterocycles. The molecule has 1 aliphatic carbocycles. The van der Waals surface area contributed by atoms with Crippen LogP contribution in [0.15, 0.2) is 0 Å². The van der Waals surface area contributed by atoms with E-state index in [2.05, 4.69) is 6.92 Å². The van der Waals surface area contributed by atoms with Gasteiger partial charge in [-0.25, -0.2) is 0 Å². The van der Waals surface area contributed by atoms with Crippen LogP contribution in [0.1, 0.15) is 39.0 Å². The van der Waals surface area contributed by atoms with Crippen molar-refractivity contribution in [3.8, 4) is 0 Å². The van der Waals surface area contributed by atoms with E-state index in [0.29, 0.717) is 5.78 Å². The second-order valence-corrected chi connectivity index (χ2v) is 2.94. The zero-order valence-corrected chi connectivity index (χ0v) is 6.02. The molecular formula is C8H14O. The molecule has 0 radical (unpaired) electrons. The summed E-state index contributed by atoms with van der Waals surface area (Å²) in [6, 6.07) is 0. The Labute approximate surface area is 56.4 Å². The predicted octanol–water partition coefficient (Wildman–Crippen LogP) is 2.16. The van der Waals surface area contributed by atoms with Gasteiger partial charge >= 0.3 is 0 Å². The van der Waals surface area contributed by atoms with E-state index in [9.17, 15) is 4.79 Å². The topological polar surface area (TPSA) is 17.1 Å². The quantitative estimate of drug-likeness (QED) is 0.554. The van der Waals surface area contributed by atoms with E-state index < -0.39 is 0 Å². The van der Waals surface area contributed by atoms with Crippen LogP contribution in [-0.4, -0.2) is 5.78 Å². The zero-order valence-electron chi connectivity index (χ0n) is 6.02. The molecule has 0 N–H and O–H groups in total. The van der Waals surface area contributed by atoms with Gasteiger partial charge in [-0.15, -0.1) is 0 Å². The average molecular weight is 126 g/mol. The maximum absolute atomic E-state index is 10.7. The van der Waals surface area contributed by atoms with Gasteiger partial charge in [-0.1, -0.05) is 19.8 Å². The first-order chi connectivity index (χ1) is 4.33. The van der Waals surface area contributed by atoms with Gasteiger partial charge in [0.15, 0.2) is 0 Å². The molecule has 0 aliphatic heterocycles. The van der Waals surface area contributed by atoms with Crippen molar-refractivity contribution in [1.82, 2.24) is 0 Å². The molecule has 1 fully saturated rings. The first-order valence-electron chi connectivity index (χ1n) is 3.84. The second-order valence-electron chi connectivity index (χ2n) is 2.94. The molecule has 0 spiro atoms. The van der Waals surface area contributed by atoms with Crippen LogP contribution < -0.4 is 0 Å². The van der Waals surface area contributed by atoms with Crippen LogP contribution in [0.2, 0.25) is 0 Å². The average Bonchev–Trinajstić information content (AvgIpc) is 2.17. The molecule has 52 valence electrons. The maximum atomic E-state index is 10.7. The molecular weight excluding hydrogens is 112 g/mol. The highest BCUT2D eigenvalue weighted by Gasteiger charge is 2.20. The Morgan fingerprint density at radius 3 is 2.89 bits per heavy atom. The molecule has 1 nitrogen and oxygen atoms in total. The fourth-order valence-electron chi connectivity index (χ4n) is 1.55. The van der Waals surface area contributed by atoms with Crippen LogP contribution in [-0.2, 0) is 4.79 Å². The molecule has 0 amide bonds. The molecule has 9 heavy (non-hydrogen) atoms. The van der Waals surface area contributed by atoms with Gasteiger partial charge in [0.25, 0.3) is 0 Å². The van der Waals surface area contributed by atoms with Crippen molar-refractivity contribution in [2.24, 2.45) is 5.92 Å². The number of rotatable bonds is 2. The van der Waals surface area contributed by atoms with E-state index in [-0.39, 0.29) is 0 Å². The van der Waals surface area contributed by atoms with Crippen molar-refractivity contribution < 1.29 is 4.79 Å². The van der Waals surface area contributed by atoms with E-state index in [1.165, 1.54) is 12.8 Å². The monoisotopic (exact) mass is 126 g/mol. The minimum absolute atomic E-state index is 0.480. The Balaban J connectivity index is 2.22. The van der Waals surface area contributed by atoms with Crippen LogP contribution in [0.5, 0.6) is 0 Å². The van der Waals surface area contributed by atoms with Gasteiger partial charge in [0.05, 0.1) is 0 Å². The molecule has 1 aliphatic rings. The van der Waals surface area contributed by atoms with Crippen molar-refractivity contribution in [3.05, 3.63) is 0 Å². The molecule has 0 aromatic heterocycles. The SMILES string of the molecule is CCCC1CCC(=O)C1. The Bertz CT molecular complexity index is 107. The summed E-state index contributed by atoms with van der Waals surface area (Å²) in [4.78, 5) is 10.7. The molecule has 0 saturated heterocycles. The van der Waals surface area contributed by atoms with Gasteiger partial charge in [0.2, 0.25) is 0 Å². The van der Waals surface area contributed by atoms with Gasteiger partial charge in [-0.05, 0) is 12.3 Å². The minimum Gasteiger partial charge on any atom is -0.300 e. The van der Waals surface area contributed by atoms with Crippen LogP contribution >= 0.6 is 0 Å². The van der Waals surface area contributed by atoms with Crippen LogP contribution in [0.3, 0.4) is 0 Å². The molecule has 0 aromatic carbocycles. The van der Waals surface area contributed by atoms with Crippen LogP contribution in [0, 0.1) is 5.92 Å². The van der Waals surface area contributed by atoms with Gasteiger partial charge in [0, 0.05) is 12.8 Å². The number of ketones is 1. The Kier molecular flexibility index (Phi) is 2.26. The van der Waals surface area contributed by atoms with Crippen LogP contribution in [0.25, 0.3) is 0 Å². The first-order valence-corrected chi connectivity index (χ1v) is 3.84. The van der Waals surface area contributed by atoms with Crippen LogP contribution in [0.4, 0.5) is 0 Å². The normalized spacial score (nSPS) is 27.2. The summed E-state index contributed by atoms with van der Waals surface area (Å²) in [6.07, 6.45) is 5.37. The molecule has 1 rings (SSSR count). The highest BCUT2D eigenvalue weighted by atomic mass is 16.1. The lowest BCUT2D eigenvalue weighted by atomic mass is 10.0. The lowest BCUT2D eigenvalue weighted by Gasteiger charge is -2.02. The molecule has 0 aromatic rings. The van der Waals surface area contributed by atoms with E-state index in [0.717, 1.165) is 25.2 Å². The molecule has 1 unspecified atom stereocenters. The Hall–Kier alpha value is -0.330. The van der Waals surface area contributed by atoms with E-state index >= 15 is 0 Å². The Morgan fingerprint density at radius 1 is 1.67 bits per heavy atom. The van der Waals surface area contributed by atoms with Gasteiger partial charge < -0.3 is 0 Å². The van der Waals surface area contributed by atoms with Crippen molar-refractivity contribution >= 4 is 5.78 Å². The van der Waals surface area contributed by atoms with E-state index in [4.69, 9.17) is 0 Å². The number of hydrogen-bond acceptors (Lipinski definition) is 1. The van der Waals surface area contributed by atoms with Crippen molar-refractivity contribution in [3.63, 3.8) is 0 Å². The Morgan fingerprint density at radius 2 is 2.44 bits per heavy atom. The summed E-state index contributed by atoms with van der Waals surface area (Å²) in [5.41, 5.74) is 0. The lowest BCUT2D eigenvalue weighted by molar-refractivity contribution is -0.117. The van der Waals surface area contributed by atoms with E-state index in [1.54, 1.807) is 0 Å². The first kappa shape index (κ1) is 6.79. The van der Waals surface area contributed by atoms with Gasteiger partial charge in [0.1, 0.15) is 5.78 Å². The predicted molar refractivity (Wildman–Crippen MR) is 37.3 cm³/mol. The maximum Gasteiger partial charge on any atom is 0.133 e. The standard InChI is InChI=1S/C8H14O/c1-2-3-7-4-5-8(9)6-7/h7H,2-6H2,1H3. The third-order valence-corrected chi connectivity index (χ3v) is 2.04. The summed E-state index contributed by atoms with van der Waals surface area (Å²) in [7, 11) is 0. The molecule has 0 bridgehead atoms. The summed E-state index contributed by atoms with van der Waals surface area (Å²) < 4.78 is 0. The highest BCUT2D eigenvalue weighted by molar-refractivity contribution is 5.80. The summed E-state index contributed by atoms with van der Waals surface area (Å²) >= 11 is 0. The van der Waals surface area contributed by atoms with Gasteiger partial charge in [-0.2, -0.15) is 0 Å². The molecule has 1 saturated carbocycles. The third-order valence-electron chi connectivity index (χ3n) is 2.04. The number of Topliss-reactive ketones (excluding diaryl/α,β-unsaturated/α-hetero) is 1. The summed E-state index contributed by atoms with van der Waals surface area (Å²) in [5, 5.41) is 0. The largest absolute Gasteiger partial charge is 0.300 e. The molecule has 1 atom stereocenters. The fraction of sp³-hybridized carbons (Fsp3) is 0.875.